The molecule has 11 heteroatoms. The zero-order valence-electron chi connectivity index (χ0n) is 39.3. The minimum Gasteiger partial charge on any atom is -0.336 e. The summed E-state index contributed by atoms with van der Waals surface area (Å²) in [5, 5.41) is -0.305. The first-order chi connectivity index (χ1) is 28.1. The van der Waals surface area contributed by atoms with Crippen molar-refractivity contribution >= 4 is 17.7 Å². The molecule has 0 spiro atoms. The van der Waals surface area contributed by atoms with E-state index in [4.69, 9.17) is 15.1 Å². The lowest BCUT2D eigenvalue weighted by molar-refractivity contribution is -0.137. The van der Waals surface area contributed by atoms with Crippen LogP contribution in [0.4, 0.5) is 17.6 Å². The number of rotatable bonds is 13. The third kappa shape index (κ3) is 8.54. The van der Waals surface area contributed by atoms with Gasteiger partial charge in [-0.25, -0.2) is 4.39 Å². The fourth-order valence-electron chi connectivity index (χ4n) is 4.92. The van der Waals surface area contributed by atoms with Crippen molar-refractivity contribution in [3.05, 3.63) is 116 Å². The number of hydrogen-bond donors (Lipinski definition) is 0. The number of likely N-dealkylation sites (N-methyl/N-ethyl adjacent to an activating group) is 1. The van der Waals surface area contributed by atoms with Gasteiger partial charge in [0.05, 0.1) is 17.9 Å². The molecule has 0 N–H and O–H groups in total. The van der Waals surface area contributed by atoms with E-state index in [2.05, 4.69) is 4.98 Å². The molecule has 254 valence electrons. The van der Waals surface area contributed by atoms with Crippen molar-refractivity contribution in [1.82, 2.24) is 19.4 Å². The van der Waals surface area contributed by atoms with E-state index in [1.807, 2.05) is 0 Å². The van der Waals surface area contributed by atoms with Crippen LogP contribution in [-0.4, -0.2) is 51.3 Å². The highest BCUT2D eigenvalue weighted by molar-refractivity contribution is 7.98. The van der Waals surface area contributed by atoms with Crippen LogP contribution in [0.15, 0.2) is 76.5 Å². The molecule has 0 atom stereocenters. The fourth-order valence-corrected chi connectivity index (χ4v) is 5.68. The van der Waals surface area contributed by atoms with E-state index >= 15 is 0 Å². The molecule has 48 heavy (non-hydrogen) atoms. The monoisotopic (exact) mass is 693 g/mol. The van der Waals surface area contributed by atoms with Crippen LogP contribution >= 0.6 is 11.8 Å². The Kier molecular flexibility index (Phi) is 7.07. The fraction of sp³-hybridized carbons (Fsp3) is 0.378. The molecule has 0 saturated carbocycles. The van der Waals surface area contributed by atoms with Crippen LogP contribution in [0.5, 0.6) is 0 Å². The van der Waals surface area contributed by atoms with E-state index in [1.165, 1.54) is 23.6 Å². The molecule has 6 nitrogen and oxygen atoms in total. The van der Waals surface area contributed by atoms with Gasteiger partial charge >= 0.3 is 6.18 Å². The number of alkyl halides is 3. The number of amides is 1. The summed E-state index contributed by atoms with van der Waals surface area (Å²) in [7, 11) is 0. The first kappa shape index (κ1) is 21.9. The molecule has 0 aliphatic heterocycles. The van der Waals surface area contributed by atoms with Crippen LogP contribution in [0.3, 0.4) is 0 Å². The number of aromatic nitrogens is 2. The number of benzene rings is 3. The van der Waals surface area contributed by atoms with Gasteiger partial charge in [0.2, 0.25) is 5.91 Å². The van der Waals surface area contributed by atoms with Crippen molar-refractivity contribution in [3.63, 3.8) is 0 Å². The van der Waals surface area contributed by atoms with Gasteiger partial charge in [0.25, 0.3) is 5.56 Å². The van der Waals surface area contributed by atoms with Gasteiger partial charge in [0.15, 0.2) is 5.16 Å². The zero-order valence-corrected chi connectivity index (χ0v) is 27.1. The van der Waals surface area contributed by atoms with Crippen molar-refractivity contribution in [2.45, 2.75) is 70.2 Å². The minimum absolute atomic E-state index is 0.0135. The van der Waals surface area contributed by atoms with Gasteiger partial charge in [-0.3, -0.25) is 9.59 Å². The SMILES string of the molecule is [2H]c1c([2H])c(-c2c([2H])c([2H])c(C(F)(F)F)c([2H])c2[2H])c([2H])c(C)c1CN(C(=O)Cn1c(SC([2H])([2H])c2ccc(F)cc2)nc(=O)c2c1CCC2)C([2H])([2H])C([2H])([2H])N(CC)CC. The van der Waals surface area contributed by atoms with Crippen LogP contribution < -0.4 is 5.56 Å². The maximum Gasteiger partial charge on any atom is 0.416 e. The van der Waals surface area contributed by atoms with Crippen molar-refractivity contribution in [2.75, 3.05) is 26.1 Å². The van der Waals surface area contributed by atoms with E-state index in [9.17, 15) is 29.9 Å². The van der Waals surface area contributed by atoms with E-state index < -0.39 is 114 Å². The Morgan fingerprint density at radius 3 is 2.38 bits per heavy atom. The standard InChI is InChI=1S/C37H40F4N4O2S/c1-4-43(5-2)19-20-44(22-29-12-11-28(21-25(29)3)27-13-15-30(16-14-27)37(39,40)41)34(46)23-45-33-8-6-7-32(33)35(47)42-36(45)48-24-26-9-17-31(38)18-10-26/h9-18,21H,4-8,19-20,22-24H2,1-3H3/i11D,12D,13D,14D,15D,16D,19D2,20D2,21D,24D2. The predicted octanol–water partition coefficient (Wildman–Crippen LogP) is 7.53. The Labute approximate surface area is 301 Å². The molecule has 0 unspecified atom stereocenters. The van der Waals surface area contributed by atoms with Gasteiger partial charge < -0.3 is 14.4 Å². The Bertz CT molecular complexity index is 2390. The molecule has 5 rings (SSSR count). The summed E-state index contributed by atoms with van der Waals surface area (Å²) < 4.78 is 170. The lowest BCUT2D eigenvalue weighted by Crippen LogP contribution is -2.40. The number of halogens is 4. The van der Waals surface area contributed by atoms with Crippen molar-refractivity contribution in [2.24, 2.45) is 0 Å². The van der Waals surface area contributed by atoms with Crippen LogP contribution in [-0.2, 0) is 42.6 Å². The van der Waals surface area contributed by atoms with Gasteiger partial charge in [-0.15, -0.1) is 0 Å². The number of carbonyl (C=O) groups is 1. The quantitative estimate of drug-likeness (QED) is 0.0824. The van der Waals surface area contributed by atoms with Crippen LogP contribution in [0.1, 0.15) is 71.6 Å². The molecule has 4 aromatic rings. The number of nitrogens with zero attached hydrogens (tertiary/aromatic N) is 4. The lowest BCUT2D eigenvalue weighted by Gasteiger charge is -2.28. The number of fused-ring (bicyclic) bond motifs is 1. The van der Waals surface area contributed by atoms with Gasteiger partial charge in [0, 0.05) is 42.0 Å². The molecule has 0 radical (unpaired) electrons. The maximum atomic E-state index is 14.8. The Balaban J connectivity index is 1.70. The molecule has 1 amide bonds. The van der Waals surface area contributed by atoms with Gasteiger partial charge in [0.1, 0.15) is 12.4 Å². The number of hydrogen-bond acceptors (Lipinski definition) is 5. The first-order valence-electron chi connectivity index (χ1n) is 21.6. The largest absolute Gasteiger partial charge is 0.416 e. The first-order valence-corrected chi connectivity index (χ1v) is 15.9. The highest BCUT2D eigenvalue weighted by atomic mass is 32.2. The third-order valence-corrected chi connectivity index (χ3v) is 8.42. The summed E-state index contributed by atoms with van der Waals surface area (Å²) in [5.41, 5.74) is -6.69. The molecule has 1 aromatic heterocycles. The number of carbonyl (C=O) groups excluding carboxylic acids is 1. The molecule has 0 saturated heterocycles. The van der Waals surface area contributed by atoms with E-state index in [1.54, 1.807) is 13.8 Å². The Hall–Kier alpha value is -3.96. The summed E-state index contributed by atoms with van der Waals surface area (Å²) >= 11 is 0.426. The van der Waals surface area contributed by atoms with Crippen molar-refractivity contribution < 1.29 is 40.2 Å². The third-order valence-electron chi connectivity index (χ3n) is 7.58. The molecule has 0 fully saturated rings. The summed E-state index contributed by atoms with van der Waals surface area (Å²) in [6, 6.07) is -3.57. The minimum atomic E-state index is -5.30. The number of thioether (sulfide) groups is 1. The summed E-state index contributed by atoms with van der Waals surface area (Å²) in [5.74, 6) is -1.81. The van der Waals surface area contributed by atoms with Gasteiger partial charge in [-0.1, -0.05) is 68.0 Å². The predicted molar refractivity (Wildman–Crippen MR) is 181 cm³/mol. The summed E-state index contributed by atoms with van der Waals surface area (Å²) in [6.07, 6.45) is -4.36. The normalized spacial score (nSPS) is 17.6. The molecule has 1 aliphatic rings. The summed E-state index contributed by atoms with van der Waals surface area (Å²) in [6.45, 7) is -3.89. The van der Waals surface area contributed by atoms with E-state index in [0.29, 0.717) is 23.1 Å². The maximum absolute atomic E-state index is 14.8. The van der Waals surface area contributed by atoms with Crippen LogP contribution in [0.25, 0.3) is 11.1 Å². The highest BCUT2D eigenvalue weighted by Gasteiger charge is 2.30. The topological polar surface area (TPSA) is 58.4 Å². The molecule has 1 heterocycles. The lowest BCUT2D eigenvalue weighted by atomic mass is 9.98. The highest BCUT2D eigenvalue weighted by Crippen LogP contribution is 2.32. The molecular weight excluding hydrogens is 640 g/mol. The van der Waals surface area contributed by atoms with Crippen LogP contribution in [0.2, 0.25) is 0 Å². The molecular formula is C37H40F4N4O2S. The second-order valence-electron chi connectivity index (χ2n) is 10.8. The Morgan fingerprint density at radius 1 is 1.02 bits per heavy atom. The second-order valence-corrected chi connectivity index (χ2v) is 11.5. The molecule has 0 bridgehead atoms. The average molecular weight is 694 g/mol. The van der Waals surface area contributed by atoms with Crippen LogP contribution in [0, 0.1) is 12.7 Å². The zero-order chi connectivity index (χ0) is 45.9. The molecule has 3 aromatic carbocycles. The second kappa shape index (κ2) is 15.5. The smallest absolute Gasteiger partial charge is 0.336 e. The van der Waals surface area contributed by atoms with E-state index in [-0.39, 0.29) is 59.0 Å². The van der Waals surface area contributed by atoms with Crippen molar-refractivity contribution in [1.29, 1.82) is 0 Å². The van der Waals surface area contributed by atoms with E-state index in [0.717, 1.165) is 17.0 Å². The molecule has 1 aliphatic carbocycles. The summed E-state index contributed by atoms with van der Waals surface area (Å²) in [4.78, 5) is 33.6. The Morgan fingerprint density at radius 2 is 1.71 bits per heavy atom. The average Bonchev–Trinajstić information content (AvgIpc) is 3.67. The van der Waals surface area contributed by atoms with Gasteiger partial charge in [-0.2, -0.15) is 18.2 Å². The van der Waals surface area contributed by atoms with Gasteiger partial charge in [-0.05, 0) is 91.3 Å². The van der Waals surface area contributed by atoms with Crippen molar-refractivity contribution in [3.8, 4) is 11.1 Å².